The van der Waals surface area contributed by atoms with Gasteiger partial charge < -0.3 is 9.64 Å². The van der Waals surface area contributed by atoms with E-state index in [-0.39, 0.29) is 21.2 Å². The van der Waals surface area contributed by atoms with E-state index >= 15 is 4.39 Å². The molecule has 1 N–H and O–H groups in total. The van der Waals surface area contributed by atoms with E-state index in [1.165, 1.54) is 50.5 Å². The highest BCUT2D eigenvalue weighted by Gasteiger charge is 2.31. The molecule has 9 nitrogen and oxygen atoms in total. The summed E-state index contributed by atoms with van der Waals surface area (Å²) < 4.78 is 75.2. The van der Waals surface area contributed by atoms with Gasteiger partial charge >= 0.3 is 0 Å². The Bertz CT molecular complexity index is 1320. The van der Waals surface area contributed by atoms with Crippen molar-refractivity contribution < 1.29 is 26.0 Å². The molecule has 2 atom stereocenters. The lowest BCUT2D eigenvalue weighted by Gasteiger charge is -2.43. The van der Waals surface area contributed by atoms with Gasteiger partial charge in [0.15, 0.2) is 0 Å². The zero-order valence-electron chi connectivity index (χ0n) is 22.3. The number of hydrogen-bond donors (Lipinski definition) is 1. The van der Waals surface area contributed by atoms with Gasteiger partial charge in [-0.2, -0.15) is 0 Å². The Morgan fingerprint density at radius 3 is 2.11 bits per heavy atom. The van der Waals surface area contributed by atoms with Crippen LogP contribution < -0.4 is 9.62 Å². The maximum Gasteiger partial charge on any atom is 0.261 e. The van der Waals surface area contributed by atoms with Gasteiger partial charge in [0.1, 0.15) is 5.82 Å². The van der Waals surface area contributed by atoms with Crippen molar-refractivity contribution in [3.05, 3.63) is 48.3 Å². The molecule has 2 aromatic rings. The Hall–Kier alpha value is -2.25. The summed E-state index contributed by atoms with van der Waals surface area (Å²) in [5, 5.41) is 0. The summed E-state index contributed by atoms with van der Waals surface area (Å²) in [6, 6.07) is 10.0. The molecule has 210 valence electrons. The summed E-state index contributed by atoms with van der Waals surface area (Å²) in [6.45, 7) is 8.02. The number of halogens is 1. The van der Waals surface area contributed by atoms with E-state index in [9.17, 15) is 16.8 Å². The largest absolute Gasteiger partial charge is 0.378 e. The van der Waals surface area contributed by atoms with Crippen LogP contribution in [0.1, 0.15) is 26.7 Å². The van der Waals surface area contributed by atoms with Crippen molar-refractivity contribution in [2.24, 2.45) is 5.92 Å². The summed E-state index contributed by atoms with van der Waals surface area (Å²) in [5.41, 5.74) is 0.387. The van der Waals surface area contributed by atoms with Crippen LogP contribution in [0.5, 0.6) is 0 Å². The van der Waals surface area contributed by atoms with Crippen LogP contribution >= 0.6 is 0 Å². The zero-order valence-corrected chi connectivity index (χ0v) is 23.9. The van der Waals surface area contributed by atoms with Gasteiger partial charge in [0.25, 0.3) is 10.0 Å². The summed E-state index contributed by atoms with van der Waals surface area (Å²) in [5.74, 6) is -0.0235. The fourth-order valence-electron chi connectivity index (χ4n) is 5.16. The lowest BCUT2D eigenvalue weighted by atomic mass is 9.94. The number of nitrogens with one attached hydrogen (secondary N) is 1. The van der Waals surface area contributed by atoms with Crippen LogP contribution in [-0.2, 0) is 24.8 Å². The Morgan fingerprint density at radius 1 is 0.947 bits per heavy atom. The van der Waals surface area contributed by atoms with Crippen LogP contribution in [0.2, 0.25) is 0 Å². The summed E-state index contributed by atoms with van der Waals surface area (Å²) in [7, 11) is -4.97. The Balaban J connectivity index is 1.48. The molecule has 0 bridgehead atoms. The molecule has 0 aliphatic carbocycles. The van der Waals surface area contributed by atoms with Gasteiger partial charge in [-0.25, -0.2) is 25.5 Å². The lowest BCUT2D eigenvalue weighted by Crippen LogP contribution is -2.52. The molecule has 12 heteroatoms. The molecule has 0 saturated carbocycles. The molecule has 0 aromatic heterocycles. The number of para-hydroxylation sites is 1. The first kappa shape index (κ1) is 28.8. The maximum atomic E-state index is 15.1. The Kier molecular flexibility index (Phi) is 8.68. The number of anilines is 2. The molecule has 2 aliphatic heterocycles. The monoisotopic (exact) mass is 568 g/mol. The number of rotatable bonds is 8. The molecule has 4 rings (SSSR count). The second kappa shape index (κ2) is 11.5. The minimum Gasteiger partial charge on any atom is -0.378 e. The topological polar surface area (TPSA) is 99.3 Å². The average molecular weight is 569 g/mol. The second-order valence-electron chi connectivity index (χ2n) is 10.4. The van der Waals surface area contributed by atoms with Crippen LogP contribution in [-0.4, -0.2) is 85.1 Å². The van der Waals surface area contributed by atoms with E-state index in [2.05, 4.69) is 23.5 Å². The Morgan fingerprint density at radius 2 is 1.53 bits per heavy atom. The molecular formula is C26H37FN4O5S2. The summed E-state index contributed by atoms with van der Waals surface area (Å²) in [6.07, 6.45) is 1.75. The number of ether oxygens (including phenoxy) is 1. The van der Waals surface area contributed by atoms with Crippen LogP contribution in [0.3, 0.4) is 0 Å². The third-order valence-electron chi connectivity index (χ3n) is 7.39. The first-order valence-electron chi connectivity index (χ1n) is 12.8. The third-order valence-corrected chi connectivity index (χ3v) is 10.6. The first-order valence-corrected chi connectivity index (χ1v) is 15.7. The maximum absolute atomic E-state index is 15.1. The predicted molar refractivity (Wildman–Crippen MR) is 146 cm³/mol. The average Bonchev–Trinajstić information content (AvgIpc) is 2.87. The molecule has 38 heavy (non-hydrogen) atoms. The molecule has 2 aromatic carbocycles. The van der Waals surface area contributed by atoms with Crippen molar-refractivity contribution in [3.8, 4) is 0 Å². The van der Waals surface area contributed by atoms with Gasteiger partial charge in [0.2, 0.25) is 10.0 Å². The standard InChI is InChI=1S/C26H37FN4O5S2/c1-19-17-36-18-20(2)31(19)16-21-12-14-30(15-13-21)26-24(27)6-5-7-25(26)28-37(32,33)22-8-10-23(11-9-22)38(34,35)29(3)4/h5-11,19-21,28H,12-18H2,1-4H3. The molecule has 0 spiro atoms. The molecule has 2 heterocycles. The first-order chi connectivity index (χ1) is 17.9. The van der Waals surface area contributed by atoms with Crippen LogP contribution in [0.4, 0.5) is 15.8 Å². The summed E-state index contributed by atoms with van der Waals surface area (Å²) >= 11 is 0. The van der Waals surface area contributed by atoms with E-state index in [1.807, 2.05) is 4.90 Å². The van der Waals surface area contributed by atoms with Gasteiger partial charge in [-0.05, 0) is 69.0 Å². The Labute approximate surface area is 225 Å². The van der Waals surface area contributed by atoms with E-state index in [1.54, 1.807) is 6.07 Å². The van der Waals surface area contributed by atoms with E-state index in [0.717, 1.165) is 36.9 Å². The van der Waals surface area contributed by atoms with Crippen molar-refractivity contribution in [3.63, 3.8) is 0 Å². The molecule has 2 unspecified atom stereocenters. The predicted octanol–water partition coefficient (Wildman–Crippen LogP) is 3.20. The highest BCUT2D eigenvalue weighted by molar-refractivity contribution is 7.92. The number of morpholine rings is 1. The number of nitrogens with zero attached hydrogens (tertiary/aromatic N) is 3. The fraction of sp³-hybridized carbons (Fsp3) is 0.538. The van der Waals surface area contributed by atoms with Gasteiger partial charge in [-0.15, -0.1) is 0 Å². The molecule has 0 amide bonds. The quantitative estimate of drug-likeness (QED) is 0.522. The van der Waals surface area contributed by atoms with Crippen molar-refractivity contribution in [1.29, 1.82) is 0 Å². The minimum atomic E-state index is -4.09. The number of hydrogen-bond acceptors (Lipinski definition) is 7. The number of sulfonamides is 2. The summed E-state index contributed by atoms with van der Waals surface area (Å²) in [4.78, 5) is 4.26. The normalized spacial score (nSPS) is 22.1. The van der Waals surface area contributed by atoms with Crippen molar-refractivity contribution in [2.45, 2.75) is 48.6 Å². The number of piperidine rings is 1. The molecule has 2 saturated heterocycles. The van der Waals surface area contributed by atoms with Crippen molar-refractivity contribution in [1.82, 2.24) is 9.21 Å². The SMILES string of the molecule is CC1COCC(C)N1CC1CCN(c2c(F)cccc2NS(=O)(=O)c2ccc(S(=O)(=O)N(C)C)cc2)CC1. The molecule has 2 aliphatic rings. The highest BCUT2D eigenvalue weighted by Crippen LogP contribution is 2.34. The van der Waals surface area contributed by atoms with Gasteiger partial charge in [-0.3, -0.25) is 9.62 Å². The van der Waals surface area contributed by atoms with Crippen molar-refractivity contribution in [2.75, 3.05) is 56.6 Å². The third kappa shape index (κ3) is 6.15. The minimum absolute atomic E-state index is 0.0170. The van der Waals surface area contributed by atoms with Crippen LogP contribution in [0.25, 0.3) is 0 Å². The molecule has 0 radical (unpaired) electrons. The zero-order chi connectivity index (χ0) is 27.7. The second-order valence-corrected chi connectivity index (χ2v) is 14.2. The van der Waals surface area contributed by atoms with Crippen LogP contribution in [0, 0.1) is 11.7 Å². The lowest BCUT2D eigenvalue weighted by molar-refractivity contribution is -0.0444. The smallest absolute Gasteiger partial charge is 0.261 e. The van der Waals surface area contributed by atoms with E-state index in [0.29, 0.717) is 31.1 Å². The van der Waals surface area contributed by atoms with Gasteiger partial charge in [0, 0.05) is 45.8 Å². The highest BCUT2D eigenvalue weighted by atomic mass is 32.2. The molecular weight excluding hydrogens is 531 g/mol. The van der Waals surface area contributed by atoms with E-state index < -0.39 is 25.9 Å². The fourth-order valence-corrected chi connectivity index (χ4v) is 7.12. The van der Waals surface area contributed by atoms with Crippen molar-refractivity contribution >= 4 is 31.4 Å². The van der Waals surface area contributed by atoms with Gasteiger partial charge in [0.05, 0.1) is 34.4 Å². The van der Waals surface area contributed by atoms with Crippen LogP contribution in [0.15, 0.2) is 52.3 Å². The van der Waals surface area contributed by atoms with E-state index in [4.69, 9.17) is 4.74 Å². The molecule has 2 fully saturated rings. The van der Waals surface area contributed by atoms with Gasteiger partial charge in [-0.1, -0.05) is 6.07 Å². The number of benzene rings is 2.